The third-order valence-electron chi connectivity index (χ3n) is 3.14. The van der Waals surface area contributed by atoms with Gasteiger partial charge in [-0.3, -0.25) is 4.79 Å². The van der Waals surface area contributed by atoms with Gasteiger partial charge in [0.05, 0.1) is 5.56 Å². The summed E-state index contributed by atoms with van der Waals surface area (Å²) >= 11 is 5.66. The highest BCUT2D eigenvalue weighted by atomic mass is 35.5. The van der Waals surface area contributed by atoms with Crippen LogP contribution in [-0.2, 0) is 0 Å². The van der Waals surface area contributed by atoms with E-state index in [1.807, 2.05) is 6.92 Å². The third-order valence-corrected chi connectivity index (χ3v) is 3.36. The van der Waals surface area contributed by atoms with Crippen LogP contribution in [0.1, 0.15) is 35.7 Å². The van der Waals surface area contributed by atoms with E-state index in [4.69, 9.17) is 11.6 Å². The predicted octanol–water partition coefficient (Wildman–Crippen LogP) is 3.66. The van der Waals surface area contributed by atoms with Crippen LogP contribution in [0.4, 0.5) is 8.78 Å². The Labute approximate surface area is 117 Å². The van der Waals surface area contributed by atoms with E-state index < -0.39 is 17.5 Å². The van der Waals surface area contributed by atoms with Gasteiger partial charge >= 0.3 is 0 Å². The summed E-state index contributed by atoms with van der Waals surface area (Å²) in [6, 6.07) is 1.96. The molecule has 0 aliphatic rings. The van der Waals surface area contributed by atoms with Gasteiger partial charge in [0, 0.05) is 18.5 Å². The molecule has 0 heterocycles. The second-order valence-corrected chi connectivity index (χ2v) is 4.92. The van der Waals surface area contributed by atoms with E-state index in [0.29, 0.717) is 12.4 Å². The normalized spacial score (nSPS) is 12.3. The monoisotopic (exact) mass is 289 g/mol. The van der Waals surface area contributed by atoms with Gasteiger partial charge in [-0.25, -0.2) is 8.78 Å². The van der Waals surface area contributed by atoms with E-state index in [-0.39, 0.29) is 17.0 Å². The average Bonchev–Trinajstić information content (AvgIpc) is 2.38. The van der Waals surface area contributed by atoms with Crippen LogP contribution in [0.15, 0.2) is 12.1 Å². The van der Waals surface area contributed by atoms with Crippen molar-refractivity contribution in [2.75, 3.05) is 12.4 Å². The number of halogens is 3. The maximum absolute atomic E-state index is 13.5. The Balaban J connectivity index is 2.70. The summed E-state index contributed by atoms with van der Waals surface area (Å²) in [5, 5.41) is 2.66. The molecule has 1 N–H and O–H groups in total. The van der Waals surface area contributed by atoms with Gasteiger partial charge < -0.3 is 5.32 Å². The van der Waals surface area contributed by atoms with Gasteiger partial charge in [0.1, 0.15) is 11.6 Å². The molecule has 106 valence electrons. The van der Waals surface area contributed by atoms with Gasteiger partial charge in [0.15, 0.2) is 0 Å². The van der Waals surface area contributed by atoms with Crippen molar-refractivity contribution in [3.05, 3.63) is 34.9 Å². The van der Waals surface area contributed by atoms with E-state index in [9.17, 15) is 13.6 Å². The number of alkyl halides is 1. The average molecular weight is 290 g/mol. The lowest BCUT2D eigenvalue weighted by atomic mass is 10.0. The van der Waals surface area contributed by atoms with E-state index >= 15 is 0 Å². The third kappa shape index (κ3) is 4.46. The van der Waals surface area contributed by atoms with Crippen LogP contribution >= 0.6 is 11.6 Å². The van der Waals surface area contributed by atoms with Crippen molar-refractivity contribution in [3.63, 3.8) is 0 Å². The van der Waals surface area contributed by atoms with E-state index in [2.05, 4.69) is 5.32 Å². The van der Waals surface area contributed by atoms with Crippen LogP contribution < -0.4 is 5.32 Å². The molecular formula is C14H18ClF2NO. The molecular weight excluding hydrogens is 272 g/mol. The quantitative estimate of drug-likeness (QED) is 0.796. The van der Waals surface area contributed by atoms with Crippen LogP contribution in [0.2, 0.25) is 0 Å². The van der Waals surface area contributed by atoms with Crippen molar-refractivity contribution in [2.24, 2.45) is 5.92 Å². The molecule has 0 saturated carbocycles. The number of amides is 1. The van der Waals surface area contributed by atoms with Crippen molar-refractivity contribution in [1.82, 2.24) is 5.32 Å². The minimum Gasteiger partial charge on any atom is -0.352 e. The SMILES string of the molecule is CCC(CCCl)CNC(=O)c1cc(C)c(F)cc1F. The summed E-state index contributed by atoms with van der Waals surface area (Å²) < 4.78 is 26.6. The molecule has 0 saturated heterocycles. The number of benzene rings is 1. The Morgan fingerprint density at radius 3 is 2.63 bits per heavy atom. The maximum atomic E-state index is 13.5. The molecule has 0 spiro atoms. The van der Waals surface area contributed by atoms with E-state index in [1.165, 1.54) is 13.0 Å². The number of aryl methyl sites for hydroxylation is 1. The van der Waals surface area contributed by atoms with Crippen molar-refractivity contribution in [2.45, 2.75) is 26.7 Å². The lowest BCUT2D eigenvalue weighted by molar-refractivity contribution is 0.0942. The molecule has 0 bridgehead atoms. The van der Waals surface area contributed by atoms with Crippen molar-refractivity contribution < 1.29 is 13.6 Å². The summed E-state index contributed by atoms with van der Waals surface area (Å²) in [5.41, 5.74) is 0.124. The zero-order valence-corrected chi connectivity index (χ0v) is 11.9. The summed E-state index contributed by atoms with van der Waals surface area (Å²) in [5.74, 6) is -1.22. The van der Waals surface area contributed by atoms with Crippen LogP contribution in [0.5, 0.6) is 0 Å². The molecule has 0 radical (unpaired) electrons. The lowest BCUT2D eigenvalue weighted by Gasteiger charge is -2.14. The topological polar surface area (TPSA) is 29.1 Å². The van der Waals surface area contributed by atoms with Crippen LogP contribution in [0.3, 0.4) is 0 Å². The molecule has 0 aromatic heterocycles. The summed E-state index contributed by atoms with van der Waals surface area (Å²) in [7, 11) is 0. The van der Waals surface area contributed by atoms with Gasteiger partial charge in [0.2, 0.25) is 0 Å². The number of carbonyl (C=O) groups is 1. The standard InChI is InChI=1S/C14H18ClF2NO/c1-3-10(4-5-15)8-18-14(19)11-6-9(2)12(16)7-13(11)17/h6-7,10H,3-5,8H2,1-2H3,(H,18,19). The smallest absolute Gasteiger partial charge is 0.254 e. The van der Waals surface area contributed by atoms with Gasteiger partial charge in [-0.2, -0.15) is 0 Å². The van der Waals surface area contributed by atoms with Crippen molar-refractivity contribution in [3.8, 4) is 0 Å². The molecule has 1 unspecified atom stereocenters. The molecule has 0 aliphatic heterocycles. The minimum atomic E-state index is -0.842. The number of hydrogen-bond acceptors (Lipinski definition) is 1. The van der Waals surface area contributed by atoms with Crippen LogP contribution in [0.25, 0.3) is 0 Å². The highest BCUT2D eigenvalue weighted by molar-refractivity contribution is 6.17. The highest BCUT2D eigenvalue weighted by Gasteiger charge is 2.15. The fraction of sp³-hybridized carbons (Fsp3) is 0.500. The van der Waals surface area contributed by atoms with Crippen molar-refractivity contribution >= 4 is 17.5 Å². The highest BCUT2D eigenvalue weighted by Crippen LogP contribution is 2.14. The van der Waals surface area contributed by atoms with E-state index in [0.717, 1.165) is 18.9 Å². The first-order chi connectivity index (χ1) is 8.99. The molecule has 1 rings (SSSR count). The number of nitrogens with one attached hydrogen (secondary N) is 1. The molecule has 1 aromatic carbocycles. The van der Waals surface area contributed by atoms with Crippen LogP contribution in [0, 0.1) is 24.5 Å². The van der Waals surface area contributed by atoms with Gasteiger partial charge in [-0.05, 0) is 30.9 Å². The summed E-state index contributed by atoms with van der Waals surface area (Å²) in [6.45, 7) is 3.94. The molecule has 1 aromatic rings. The number of carbonyl (C=O) groups excluding carboxylic acids is 1. The van der Waals surface area contributed by atoms with Gasteiger partial charge in [-0.15, -0.1) is 11.6 Å². The molecule has 1 amide bonds. The fourth-order valence-corrected chi connectivity index (χ4v) is 2.08. The minimum absolute atomic E-state index is 0.125. The second kappa shape index (κ2) is 7.43. The molecule has 2 nitrogen and oxygen atoms in total. The Hall–Kier alpha value is -1.16. The zero-order chi connectivity index (χ0) is 14.4. The molecule has 0 fully saturated rings. The first kappa shape index (κ1) is 15.9. The fourth-order valence-electron chi connectivity index (χ4n) is 1.77. The van der Waals surface area contributed by atoms with Crippen molar-refractivity contribution in [1.29, 1.82) is 0 Å². The zero-order valence-electron chi connectivity index (χ0n) is 11.1. The van der Waals surface area contributed by atoms with Gasteiger partial charge in [0.25, 0.3) is 5.91 Å². The molecule has 5 heteroatoms. The number of hydrogen-bond donors (Lipinski definition) is 1. The number of rotatable bonds is 6. The summed E-state index contributed by atoms with van der Waals surface area (Å²) in [4.78, 5) is 11.8. The first-order valence-electron chi connectivity index (χ1n) is 6.29. The first-order valence-corrected chi connectivity index (χ1v) is 6.82. The van der Waals surface area contributed by atoms with E-state index in [1.54, 1.807) is 0 Å². The maximum Gasteiger partial charge on any atom is 0.254 e. The Morgan fingerprint density at radius 2 is 2.05 bits per heavy atom. The predicted molar refractivity (Wildman–Crippen MR) is 72.5 cm³/mol. The van der Waals surface area contributed by atoms with Gasteiger partial charge in [-0.1, -0.05) is 13.3 Å². The Kier molecular flexibility index (Phi) is 6.22. The Bertz CT molecular complexity index is 451. The molecule has 0 aliphatic carbocycles. The molecule has 1 atom stereocenters. The largest absolute Gasteiger partial charge is 0.352 e. The lowest BCUT2D eigenvalue weighted by Crippen LogP contribution is -2.30. The summed E-state index contributed by atoms with van der Waals surface area (Å²) in [6.07, 6.45) is 1.68. The Morgan fingerprint density at radius 1 is 1.37 bits per heavy atom. The second-order valence-electron chi connectivity index (χ2n) is 4.54. The molecule has 19 heavy (non-hydrogen) atoms. The van der Waals surface area contributed by atoms with Crippen LogP contribution in [-0.4, -0.2) is 18.3 Å².